The maximum absolute atomic E-state index is 13.1. The minimum Gasteiger partial charge on any atom is -0.497 e. The molecule has 5 nitrogen and oxygen atoms in total. The molecule has 0 atom stereocenters. The highest BCUT2D eigenvalue weighted by Crippen LogP contribution is 2.19. The first-order chi connectivity index (χ1) is 12.5. The number of aryl methyl sites for hydroxylation is 1. The first-order valence-electron chi connectivity index (χ1n) is 8.23. The molecule has 0 fully saturated rings. The summed E-state index contributed by atoms with van der Waals surface area (Å²) < 4.78 is 20.0. The number of ether oxygens (including phenoxy) is 1. The van der Waals surface area contributed by atoms with E-state index in [9.17, 15) is 9.18 Å². The smallest absolute Gasteiger partial charge is 0.255 e. The van der Waals surface area contributed by atoms with Crippen molar-refractivity contribution in [3.05, 3.63) is 76.9 Å². The fourth-order valence-electron chi connectivity index (χ4n) is 2.86. The molecule has 3 rings (SSSR count). The van der Waals surface area contributed by atoms with Crippen LogP contribution in [-0.4, -0.2) is 22.8 Å². The van der Waals surface area contributed by atoms with E-state index in [-0.39, 0.29) is 11.7 Å². The molecule has 6 heteroatoms. The van der Waals surface area contributed by atoms with Gasteiger partial charge in [0, 0.05) is 6.54 Å². The number of carbonyl (C=O) groups excluding carboxylic acids is 1. The van der Waals surface area contributed by atoms with Gasteiger partial charge in [-0.3, -0.25) is 4.79 Å². The minimum atomic E-state index is -0.313. The van der Waals surface area contributed by atoms with Gasteiger partial charge in [0.1, 0.15) is 11.6 Å². The number of amides is 1. The van der Waals surface area contributed by atoms with E-state index in [4.69, 9.17) is 4.74 Å². The van der Waals surface area contributed by atoms with Crippen LogP contribution in [0.2, 0.25) is 0 Å². The van der Waals surface area contributed by atoms with Gasteiger partial charge >= 0.3 is 0 Å². The molecular formula is C20H20FN3O2. The summed E-state index contributed by atoms with van der Waals surface area (Å²) in [7, 11) is 1.61. The molecule has 0 spiro atoms. The van der Waals surface area contributed by atoms with Crippen molar-refractivity contribution in [2.24, 2.45) is 0 Å². The summed E-state index contributed by atoms with van der Waals surface area (Å²) in [4.78, 5) is 12.7. The van der Waals surface area contributed by atoms with Crippen LogP contribution >= 0.6 is 0 Å². The summed E-state index contributed by atoms with van der Waals surface area (Å²) >= 11 is 0. The zero-order valence-electron chi connectivity index (χ0n) is 14.9. The second-order valence-corrected chi connectivity index (χ2v) is 5.97. The highest BCUT2D eigenvalue weighted by atomic mass is 19.1. The van der Waals surface area contributed by atoms with Gasteiger partial charge in [-0.25, -0.2) is 9.07 Å². The Labute approximate surface area is 151 Å². The number of methoxy groups -OCH3 is 1. The van der Waals surface area contributed by atoms with Crippen LogP contribution in [0.15, 0.2) is 48.5 Å². The van der Waals surface area contributed by atoms with E-state index < -0.39 is 0 Å². The van der Waals surface area contributed by atoms with Crippen molar-refractivity contribution in [1.82, 2.24) is 15.1 Å². The van der Waals surface area contributed by atoms with Crippen molar-refractivity contribution < 1.29 is 13.9 Å². The Morgan fingerprint density at radius 2 is 1.92 bits per heavy atom. The van der Waals surface area contributed by atoms with Crippen molar-refractivity contribution in [1.29, 1.82) is 0 Å². The molecule has 0 radical (unpaired) electrons. The Morgan fingerprint density at radius 3 is 2.62 bits per heavy atom. The zero-order chi connectivity index (χ0) is 18.7. The van der Waals surface area contributed by atoms with Crippen LogP contribution in [0.25, 0.3) is 5.69 Å². The SMILES string of the molecule is COc1cccc(CNC(=O)c2c(C)nn(-c3ccc(F)cc3)c2C)c1. The number of rotatable bonds is 5. The number of hydrogen-bond acceptors (Lipinski definition) is 3. The van der Waals surface area contributed by atoms with E-state index >= 15 is 0 Å². The standard InChI is InChI=1S/C20H20FN3O2/c1-13-19(14(2)24(23-13)17-9-7-16(21)8-10-17)20(25)22-12-15-5-4-6-18(11-15)26-3/h4-11H,12H2,1-3H3,(H,22,25). The fourth-order valence-corrected chi connectivity index (χ4v) is 2.86. The molecule has 0 aliphatic heterocycles. The van der Waals surface area contributed by atoms with Crippen molar-refractivity contribution in [3.63, 3.8) is 0 Å². The van der Waals surface area contributed by atoms with Gasteiger partial charge in [0.2, 0.25) is 0 Å². The van der Waals surface area contributed by atoms with Crippen molar-refractivity contribution in [2.45, 2.75) is 20.4 Å². The predicted molar refractivity (Wildman–Crippen MR) is 97.2 cm³/mol. The van der Waals surface area contributed by atoms with Crippen LogP contribution < -0.4 is 10.1 Å². The molecule has 0 saturated carbocycles. The molecule has 0 aliphatic carbocycles. The van der Waals surface area contributed by atoms with E-state index in [0.29, 0.717) is 29.2 Å². The Morgan fingerprint density at radius 1 is 1.19 bits per heavy atom. The first-order valence-corrected chi connectivity index (χ1v) is 8.23. The Kier molecular flexibility index (Phi) is 5.02. The third kappa shape index (κ3) is 3.59. The second kappa shape index (κ2) is 7.39. The fraction of sp³-hybridized carbons (Fsp3) is 0.200. The molecule has 0 saturated heterocycles. The lowest BCUT2D eigenvalue weighted by Crippen LogP contribution is -2.24. The maximum Gasteiger partial charge on any atom is 0.255 e. The lowest BCUT2D eigenvalue weighted by Gasteiger charge is -2.08. The number of carbonyl (C=O) groups is 1. The molecule has 26 heavy (non-hydrogen) atoms. The Bertz CT molecular complexity index is 933. The van der Waals surface area contributed by atoms with Crippen LogP contribution in [0.3, 0.4) is 0 Å². The monoisotopic (exact) mass is 353 g/mol. The molecule has 0 bridgehead atoms. The van der Waals surface area contributed by atoms with Crippen LogP contribution in [-0.2, 0) is 6.54 Å². The van der Waals surface area contributed by atoms with Crippen LogP contribution in [0.4, 0.5) is 4.39 Å². The molecule has 1 aromatic heterocycles. The summed E-state index contributed by atoms with van der Waals surface area (Å²) in [6, 6.07) is 13.5. The molecule has 0 unspecified atom stereocenters. The molecule has 1 heterocycles. The van der Waals surface area contributed by atoms with Gasteiger partial charge in [-0.1, -0.05) is 12.1 Å². The van der Waals surface area contributed by atoms with Crippen molar-refractivity contribution in [2.75, 3.05) is 7.11 Å². The summed E-state index contributed by atoms with van der Waals surface area (Å²) in [5, 5.41) is 7.34. The third-order valence-corrected chi connectivity index (χ3v) is 4.18. The number of nitrogens with one attached hydrogen (secondary N) is 1. The van der Waals surface area contributed by atoms with Gasteiger partial charge in [-0.15, -0.1) is 0 Å². The van der Waals surface area contributed by atoms with Gasteiger partial charge in [0.25, 0.3) is 5.91 Å². The molecule has 1 amide bonds. The van der Waals surface area contributed by atoms with Crippen LogP contribution in [0, 0.1) is 19.7 Å². The quantitative estimate of drug-likeness (QED) is 0.763. The van der Waals surface area contributed by atoms with Gasteiger partial charge in [0.05, 0.1) is 29.7 Å². The van der Waals surface area contributed by atoms with E-state index in [2.05, 4.69) is 10.4 Å². The van der Waals surface area contributed by atoms with E-state index in [1.54, 1.807) is 30.8 Å². The molecule has 1 N–H and O–H groups in total. The molecular weight excluding hydrogens is 333 g/mol. The van der Waals surface area contributed by atoms with Crippen molar-refractivity contribution >= 4 is 5.91 Å². The topological polar surface area (TPSA) is 56.1 Å². The minimum absolute atomic E-state index is 0.198. The summed E-state index contributed by atoms with van der Waals surface area (Å²) in [5.74, 6) is 0.232. The zero-order valence-corrected chi connectivity index (χ0v) is 14.9. The number of hydrogen-bond donors (Lipinski definition) is 1. The van der Waals surface area contributed by atoms with E-state index in [0.717, 1.165) is 11.3 Å². The van der Waals surface area contributed by atoms with Gasteiger partial charge in [-0.2, -0.15) is 5.10 Å². The van der Waals surface area contributed by atoms with Crippen LogP contribution in [0.1, 0.15) is 27.3 Å². The number of benzene rings is 2. The van der Waals surface area contributed by atoms with Gasteiger partial charge in [-0.05, 0) is 55.8 Å². The number of nitrogens with zero attached hydrogens (tertiary/aromatic N) is 2. The second-order valence-electron chi connectivity index (χ2n) is 5.97. The largest absolute Gasteiger partial charge is 0.497 e. The molecule has 3 aromatic rings. The maximum atomic E-state index is 13.1. The number of aromatic nitrogens is 2. The number of halogens is 1. The van der Waals surface area contributed by atoms with Crippen LogP contribution in [0.5, 0.6) is 5.75 Å². The Balaban J connectivity index is 1.80. The highest BCUT2D eigenvalue weighted by Gasteiger charge is 2.19. The van der Waals surface area contributed by atoms with Crippen molar-refractivity contribution in [3.8, 4) is 11.4 Å². The third-order valence-electron chi connectivity index (χ3n) is 4.18. The molecule has 0 aliphatic rings. The first kappa shape index (κ1) is 17.7. The Hall–Kier alpha value is -3.15. The lowest BCUT2D eigenvalue weighted by atomic mass is 10.1. The summed E-state index contributed by atoms with van der Waals surface area (Å²) in [6.45, 7) is 3.99. The summed E-state index contributed by atoms with van der Waals surface area (Å²) in [6.07, 6.45) is 0. The van der Waals surface area contributed by atoms with Gasteiger partial charge < -0.3 is 10.1 Å². The predicted octanol–water partition coefficient (Wildman–Crippen LogP) is 3.57. The molecule has 2 aromatic carbocycles. The van der Waals surface area contributed by atoms with E-state index in [1.807, 2.05) is 31.2 Å². The highest BCUT2D eigenvalue weighted by molar-refractivity contribution is 5.96. The average molecular weight is 353 g/mol. The normalized spacial score (nSPS) is 10.6. The molecule has 134 valence electrons. The van der Waals surface area contributed by atoms with E-state index in [1.165, 1.54) is 12.1 Å². The average Bonchev–Trinajstić information content (AvgIpc) is 2.95. The summed E-state index contributed by atoms with van der Waals surface area (Å²) in [5.41, 5.74) is 3.50. The van der Waals surface area contributed by atoms with Gasteiger partial charge in [0.15, 0.2) is 0 Å². The lowest BCUT2D eigenvalue weighted by molar-refractivity contribution is 0.0949.